The lowest BCUT2D eigenvalue weighted by Gasteiger charge is -2.21. The van der Waals surface area contributed by atoms with Gasteiger partial charge in [-0.05, 0) is 31.7 Å². The molecule has 0 saturated carbocycles. The number of aryl methyl sites for hydroxylation is 2. The van der Waals surface area contributed by atoms with Crippen LogP contribution in [0.5, 0.6) is 0 Å². The summed E-state index contributed by atoms with van der Waals surface area (Å²) in [6.07, 6.45) is 0.908. The van der Waals surface area contributed by atoms with Crippen molar-refractivity contribution in [3.8, 4) is 0 Å². The van der Waals surface area contributed by atoms with Gasteiger partial charge < -0.3 is 5.32 Å². The van der Waals surface area contributed by atoms with Gasteiger partial charge in [-0.25, -0.2) is 0 Å². The van der Waals surface area contributed by atoms with E-state index in [0.717, 1.165) is 23.4 Å². The predicted octanol–water partition coefficient (Wildman–Crippen LogP) is 3.54. The van der Waals surface area contributed by atoms with Crippen LogP contribution < -0.4 is 5.32 Å². The van der Waals surface area contributed by atoms with Crippen molar-refractivity contribution < 1.29 is 4.79 Å². The van der Waals surface area contributed by atoms with Crippen LogP contribution in [0.4, 0.5) is 0 Å². The van der Waals surface area contributed by atoms with Gasteiger partial charge in [0.2, 0.25) is 0 Å². The summed E-state index contributed by atoms with van der Waals surface area (Å²) in [5.41, 5.74) is 3.33. The Morgan fingerprint density at radius 1 is 1.24 bits per heavy atom. The standard InChI is InChI=1S/C17H23N3O/c1-11(2)10-15(14-8-6-5-7-9-14)18-17(21)16-12(3)19-20-13(16)4/h5-9,11,15H,10H2,1-4H3,(H,18,21)(H,19,20). The molecule has 0 spiro atoms. The smallest absolute Gasteiger partial charge is 0.255 e. The van der Waals surface area contributed by atoms with E-state index >= 15 is 0 Å². The van der Waals surface area contributed by atoms with E-state index in [0.29, 0.717) is 11.5 Å². The number of H-pyrrole nitrogens is 1. The van der Waals surface area contributed by atoms with Crippen LogP contribution in [0, 0.1) is 19.8 Å². The Morgan fingerprint density at radius 3 is 2.43 bits per heavy atom. The van der Waals surface area contributed by atoms with Crippen LogP contribution in [0.2, 0.25) is 0 Å². The molecule has 4 heteroatoms. The normalized spacial score (nSPS) is 12.4. The van der Waals surface area contributed by atoms with Gasteiger partial charge >= 0.3 is 0 Å². The molecule has 0 aliphatic heterocycles. The number of benzene rings is 1. The molecular formula is C17H23N3O. The molecular weight excluding hydrogens is 262 g/mol. The number of aromatic amines is 1. The van der Waals surface area contributed by atoms with Crippen molar-refractivity contribution in [1.82, 2.24) is 15.5 Å². The summed E-state index contributed by atoms with van der Waals surface area (Å²) < 4.78 is 0. The van der Waals surface area contributed by atoms with Gasteiger partial charge in [-0.15, -0.1) is 0 Å². The average molecular weight is 285 g/mol. The average Bonchev–Trinajstić information content (AvgIpc) is 2.78. The second-order valence-corrected chi connectivity index (χ2v) is 5.88. The van der Waals surface area contributed by atoms with E-state index in [2.05, 4.69) is 41.5 Å². The molecule has 112 valence electrons. The van der Waals surface area contributed by atoms with Crippen molar-refractivity contribution >= 4 is 5.91 Å². The third-order valence-corrected chi connectivity index (χ3v) is 3.57. The molecule has 2 rings (SSSR count). The molecule has 0 radical (unpaired) electrons. The second-order valence-electron chi connectivity index (χ2n) is 5.88. The Hall–Kier alpha value is -2.10. The third-order valence-electron chi connectivity index (χ3n) is 3.57. The summed E-state index contributed by atoms with van der Waals surface area (Å²) in [5, 5.41) is 10.1. The zero-order valence-electron chi connectivity index (χ0n) is 13.1. The summed E-state index contributed by atoms with van der Waals surface area (Å²) in [6, 6.07) is 10.1. The third kappa shape index (κ3) is 3.72. The number of hydrogen-bond donors (Lipinski definition) is 2. The van der Waals surface area contributed by atoms with Gasteiger partial charge in [0.05, 0.1) is 17.3 Å². The van der Waals surface area contributed by atoms with E-state index in [1.165, 1.54) is 0 Å². The molecule has 2 aromatic rings. The predicted molar refractivity (Wildman–Crippen MR) is 84.2 cm³/mol. The van der Waals surface area contributed by atoms with Crippen molar-refractivity contribution in [2.24, 2.45) is 5.92 Å². The Bertz CT molecular complexity index is 582. The zero-order chi connectivity index (χ0) is 15.4. The minimum absolute atomic E-state index is 0.0207. The maximum absolute atomic E-state index is 12.5. The number of nitrogens with one attached hydrogen (secondary N) is 2. The lowest BCUT2D eigenvalue weighted by molar-refractivity contribution is 0.0931. The van der Waals surface area contributed by atoms with Gasteiger partial charge in [0.25, 0.3) is 5.91 Å². The highest BCUT2D eigenvalue weighted by Gasteiger charge is 2.20. The molecule has 0 saturated heterocycles. The van der Waals surface area contributed by atoms with E-state index in [4.69, 9.17) is 0 Å². The Balaban J connectivity index is 2.21. The first-order valence-electron chi connectivity index (χ1n) is 7.36. The highest BCUT2D eigenvalue weighted by Crippen LogP contribution is 2.22. The van der Waals surface area contributed by atoms with Crippen molar-refractivity contribution in [1.29, 1.82) is 0 Å². The van der Waals surface area contributed by atoms with Crippen LogP contribution in [0.15, 0.2) is 30.3 Å². The fourth-order valence-corrected chi connectivity index (χ4v) is 2.55. The van der Waals surface area contributed by atoms with Crippen LogP contribution in [-0.2, 0) is 0 Å². The van der Waals surface area contributed by atoms with Gasteiger partial charge in [-0.1, -0.05) is 44.2 Å². The lowest BCUT2D eigenvalue weighted by atomic mass is 9.96. The van der Waals surface area contributed by atoms with Gasteiger partial charge in [0, 0.05) is 5.69 Å². The SMILES string of the molecule is Cc1n[nH]c(C)c1C(=O)NC(CC(C)C)c1ccccc1. The second kappa shape index (κ2) is 6.57. The summed E-state index contributed by atoms with van der Waals surface area (Å²) >= 11 is 0. The molecule has 2 N–H and O–H groups in total. The number of rotatable bonds is 5. The van der Waals surface area contributed by atoms with Crippen LogP contribution in [0.1, 0.15) is 53.6 Å². The number of carbonyl (C=O) groups is 1. The molecule has 1 amide bonds. The zero-order valence-corrected chi connectivity index (χ0v) is 13.1. The Kier molecular flexibility index (Phi) is 4.78. The van der Waals surface area contributed by atoms with Crippen molar-refractivity contribution in [3.05, 3.63) is 52.8 Å². The Morgan fingerprint density at radius 2 is 1.90 bits per heavy atom. The molecule has 1 aromatic carbocycles. The lowest BCUT2D eigenvalue weighted by Crippen LogP contribution is -2.30. The van der Waals surface area contributed by atoms with Crippen molar-refractivity contribution in [2.45, 2.75) is 40.2 Å². The van der Waals surface area contributed by atoms with Crippen molar-refractivity contribution in [2.75, 3.05) is 0 Å². The maximum atomic E-state index is 12.5. The van der Waals surface area contributed by atoms with E-state index in [1.54, 1.807) is 0 Å². The van der Waals surface area contributed by atoms with Crippen LogP contribution in [-0.4, -0.2) is 16.1 Å². The molecule has 0 aliphatic carbocycles. The molecule has 1 atom stereocenters. The quantitative estimate of drug-likeness (QED) is 0.882. The highest BCUT2D eigenvalue weighted by molar-refractivity contribution is 5.96. The van der Waals surface area contributed by atoms with Gasteiger partial charge in [0.15, 0.2) is 0 Å². The van der Waals surface area contributed by atoms with E-state index in [-0.39, 0.29) is 11.9 Å². The van der Waals surface area contributed by atoms with Crippen LogP contribution in [0.25, 0.3) is 0 Å². The number of aromatic nitrogens is 2. The first-order valence-corrected chi connectivity index (χ1v) is 7.36. The van der Waals surface area contributed by atoms with Crippen LogP contribution >= 0.6 is 0 Å². The van der Waals surface area contributed by atoms with E-state index in [9.17, 15) is 4.79 Å². The number of nitrogens with zero attached hydrogens (tertiary/aromatic N) is 1. The molecule has 0 aliphatic rings. The van der Waals surface area contributed by atoms with Crippen molar-refractivity contribution in [3.63, 3.8) is 0 Å². The molecule has 4 nitrogen and oxygen atoms in total. The summed E-state index contributed by atoms with van der Waals surface area (Å²) in [5.74, 6) is 0.440. The van der Waals surface area contributed by atoms with E-state index in [1.807, 2.05) is 32.0 Å². The largest absolute Gasteiger partial charge is 0.345 e. The van der Waals surface area contributed by atoms with Gasteiger partial charge in [-0.3, -0.25) is 9.89 Å². The first-order chi connectivity index (χ1) is 9.99. The summed E-state index contributed by atoms with van der Waals surface area (Å²) in [6.45, 7) is 8.04. The molecule has 0 fully saturated rings. The molecule has 1 heterocycles. The molecule has 0 bridgehead atoms. The number of amides is 1. The van der Waals surface area contributed by atoms with Crippen LogP contribution in [0.3, 0.4) is 0 Å². The van der Waals surface area contributed by atoms with Gasteiger partial charge in [0.1, 0.15) is 0 Å². The van der Waals surface area contributed by atoms with E-state index < -0.39 is 0 Å². The summed E-state index contributed by atoms with van der Waals surface area (Å²) in [4.78, 5) is 12.5. The molecule has 1 unspecified atom stereocenters. The number of carbonyl (C=O) groups excluding carboxylic acids is 1. The molecule has 1 aromatic heterocycles. The molecule has 21 heavy (non-hydrogen) atoms. The fourth-order valence-electron chi connectivity index (χ4n) is 2.55. The highest BCUT2D eigenvalue weighted by atomic mass is 16.1. The topological polar surface area (TPSA) is 57.8 Å². The Labute approximate surface area is 126 Å². The maximum Gasteiger partial charge on any atom is 0.255 e. The monoisotopic (exact) mass is 285 g/mol. The van der Waals surface area contributed by atoms with Gasteiger partial charge in [-0.2, -0.15) is 5.10 Å². The summed E-state index contributed by atoms with van der Waals surface area (Å²) in [7, 11) is 0. The number of hydrogen-bond acceptors (Lipinski definition) is 2. The fraction of sp³-hybridized carbons (Fsp3) is 0.412. The first kappa shape index (κ1) is 15.3. The minimum Gasteiger partial charge on any atom is -0.345 e. The minimum atomic E-state index is -0.0618.